The summed E-state index contributed by atoms with van der Waals surface area (Å²) in [6.07, 6.45) is 1.44. The van der Waals surface area contributed by atoms with E-state index in [4.69, 9.17) is 15.6 Å². The molecule has 0 fully saturated rings. The molecule has 0 heterocycles. The van der Waals surface area contributed by atoms with Gasteiger partial charge in [0.15, 0.2) is 0 Å². The Bertz CT molecular complexity index is 554. The topological polar surface area (TPSA) is 55.5 Å². The van der Waals surface area contributed by atoms with E-state index in [0.717, 1.165) is 29.0 Å². The third kappa shape index (κ3) is 3.38. The van der Waals surface area contributed by atoms with Crippen LogP contribution >= 0.6 is 0 Å². The predicted molar refractivity (Wildman–Crippen MR) is 81.0 cm³/mol. The molecule has 3 heteroatoms. The highest BCUT2D eigenvalue weighted by Crippen LogP contribution is 2.31. The van der Waals surface area contributed by atoms with Crippen molar-refractivity contribution in [2.45, 2.75) is 25.8 Å². The van der Waals surface area contributed by atoms with E-state index in [1.165, 1.54) is 0 Å². The molecule has 20 heavy (non-hydrogen) atoms. The van der Waals surface area contributed by atoms with Gasteiger partial charge in [0.25, 0.3) is 0 Å². The summed E-state index contributed by atoms with van der Waals surface area (Å²) in [6.45, 7) is 2.16. The minimum atomic E-state index is -0.0313. The maximum Gasteiger partial charge on any atom is 0.132 e. The van der Waals surface area contributed by atoms with Crippen LogP contribution in [0.5, 0.6) is 11.5 Å². The Kier molecular flexibility index (Phi) is 5.16. The molecule has 0 aromatic heterocycles. The van der Waals surface area contributed by atoms with Crippen LogP contribution in [0.2, 0.25) is 0 Å². The quantitative estimate of drug-likeness (QED) is 0.846. The molecule has 0 aliphatic rings. The average molecular weight is 271 g/mol. The first kappa shape index (κ1) is 14.6. The van der Waals surface area contributed by atoms with Gasteiger partial charge >= 0.3 is 0 Å². The highest BCUT2D eigenvalue weighted by atomic mass is 16.5. The van der Waals surface area contributed by atoms with Gasteiger partial charge in [0.05, 0.1) is 0 Å². The number of ether oxygens (including phenoxy) is 1. The van der Waals surface area contributed by atoms with E-state index in [0.29, 0.717) is 6.42 Å². The third-order valence-electron chi connectivity index (χ3n) is 3.33. The van der Waals surface area contributed by atoms with Crippen LogP contribution in [-0.2, 0) is 6.42 Å². The first-order chi connectivity index (χ1) is 9.76. The number of aliphatic hydroxyl groups is 1. The fourth-order valence-electron chi connectivity index (χ4n) is 2.15. The molecule has 1 atom stereocenters. The van der Waals surface area contributed by atoms with Crippen LogP contribution in [-0.4, -0.2) is 11.7 Å². The van der Waals surface area contributed by atoms with E-state index >= 15 is 0 Å². The lowest BCUT2D eigenvalue weighted by molar-refractivity contribution is 0.297. The van der Waals surface area contributed by atoms with E-state index in [1.54, 1.807) is 0 Å². The summed E-state index contributed by atoms with van der Waals surface area (Å²) in [5, 5.41) is 9.12. The van der Waals surface area contributed by atoms with Gasteiger partial charge in [-0.25, -0.2) is 0 Å². The monoisotopic (exact) mass is 271 g/mol. The summed E-state index contributed by atoms with van der Waals surface area (Å²) in [4.78, 5) is 0. The van der Waals surface area contributed by atoms with Crippen molar-refractivity contribution in [3.63, 3.8) is 0 Å². The molecule has 0 unspecified atom stereocenters. The smallest absolute Gasteiger partial charge is 0.132 e. The number of hydrogen-bond donors (Lipinski definition) is 2. The summed E-state index contributed by atoms with van der Waals surface area (Å²) in [7, 11) is 0. The van der Waals surface area contributed by atoms with Gasteiger partial charge < -0.3 is 15.6 Å². The van der Waals surface area contributed by atoms with Crippen molar-refractivity contribution >= 4 is 0 Å². The zero-order chi connectivity index (χ0) is 14.4. The number of hydrogen-bond acceptors (Lipinski definition) is 3. The van der Waals surface area contributed by atoms with Crippen molar-refractivity contribution in [1.82, 2.24) is 0 Å². The first-order valence-corrected chi connectivity index (χ1v) is 6.97. The molecule has 0 bridgehead atoms. The third-order valence-corrected chi connectivity index (χ3v) is 3.33. The first-order valence-electron chi connectivity index (χ1n) is 6.97. The van der Waals surface area contributed by atoms with Crippen molar-refractivity contribution in [2.75, 3.05) is 6.61 Å². The number of benzene rings is 2. The Morgan fingerprint density at radius 3 is 2.40 bits per heavy atom. The normalized spacial score (nSPS) is 12.2. The van der Waals surface area contributed by atoms with Crippen LogP contribution in [0.25, 0.3) is 0 Å². The predicted octanol–water partition coefficient (Wildman–Crippen LogP) is 3.42. The number of para-hydroxylation sites is 2. The van der Waals surface area contributed by atoms with Gasteiger partial charge in [-0.3, -0.25) is 0 Å². The fourth-order valence-corrected chi connectivity index (χ4v) is 2.15. The Labute approximate surface area is 120 Å². The van der Waals surface area contributed by atoms with Crippen molar-refractivity contribution in [3.8, 4) is 11.5 Å². The Morgan fingerprint density at radius 2 is 1.70 bits per heavy atom. The molecule has 2 aromatic rings. The highest BCUT2D eigenvalue weighted by molar-refractivity contribution is 5.42. The van der Waals surface area contributed by atoms with Crippen molar-refractivity contribution in [3.05, 3.63) is 59.7 Å². The zero-order valence-corrected chi connectivity index (χ0v) is 11.8. The van der Waals surface area contributed by atoms with Crippen molar-refractivity contribution < 1.29 is 9.84 Å². The molecule has 3 nitrogen and oxygen atoms in total. The lowest BCUT2D eigenvalue weighted by Gasteiger charge is -2.17. The standard InChI is InChI=1S/C17H21NO2/c1-2-15(18)14-8-4-6-10-17(14)20-16-9-5-3-7-13(16)11-12-19/h3-10,15,19H,2,11-12,18H2,1H3/t15-/m0/s1. The Morgan fingerprint density at radius 1 is 1.05 bits per heavy atom. The second-order valence-corrected chi connectivity index (χ2v) is 4.74. The van der Waals surface area contributed by atoms with Crippen LogP contribution in [0, 0.1) is 0 Å². The maximum atomic E-state index is 9.12. The number of rotatable bonds is 6. The van der Waals surface area contributed by atoms with Crippen LogP contribution in [0.1, 0.15) is 30.5 Å². The molecule has 2 rings (SSSR count). The minimum Gasteiger partial charge on any atom is -0.457 e. The van der Waals surface area contributed by atoms with Gasteiger partial charge in [0, 0.05) is 18.2 Å². The largest absolute Gasteiger partial charge is 0.457 e. The van der Waals surface area contributed by atoms with Crippen molar-refractivity contribution in [1.29, 1.82) is 0 Å². The minimum absolute atomic E-state index is 0.0313. The van der Waals surface area contributed by atoms with Crippen LogP contribution < -0.4 is 10.5 Å². The summed E-state index contributed by atoms with van der Waals surface area (Å²) in [6, 6.07) is 15.6. The van der Waals surface area contributed by atoms with Gasteiger partial charge in [-0.2, -0.15) is 0 Å². The van der Waals surface area contributed by atoms with E-state index in [9.17, 15) is 0 Å². The lowest BCUT2D eigenvalue weighted by atomic mass is 10.0. The Hall–Kier alpha value is -1.84. The summed E-state index contributed by atoms with van der Waals surface area (Å²) >= 11 is 0. The van der Waals surface area contributed by atoms with Gasteiger partial charge in [-0.05, 0) is 30.5 Å². The van der Waals surface area contributed by atoms with Gasteiger partial charge in [-0.15, -0.1) is 0 Å². The van der Waals surface area contributed by atoms with E-state index in [2.05, 4.69) is 6.92 Å². The molecule has 0 aliphatic heterocycles. The SMILES string of the molecule is CC[C@H](N)c1ccccc1Oc1ccccc1CCO. The van der Waals surface area contributed by atoms with E-state index in [-0.39, 0.29) is 12.6 Å². The number of nitrogens with two attached hydrogens (primary N) is 1. The highest BCUT2D eigenvalue weighted by Gasteiger charge is 2.12. The molecule has 0 saturated heterocycles. The van der Waals surface area contributed by atoms with Gasteiger partial charge in [-0.1, -0.05) is 43.3 Å². The second-order valence-electron chi connectivity index (χ2n) is 4.74. The molecule has 2 aromatic carbocycles. The Balaban J connectivity index is 2.30. The molecule has 0 radical (unpaired) electrons. The van der Waals surface area contributed by atoms with Crippen molar-refractivity contribution in [2.24, 2.45) is 5.73 Å². The van der Waals surface area contributed by atoms with E-state index < -0.39 is 0 Å². The molecule has 0 aliphatic carbocycles. The van der Waals surface area contributed by atoms with Crippen LogP contribution in [0.4, 0.5) is 0 Å². The second kappa shape index (κ2) is 7.08. The molecule has 0 spiro atoms. The molecule has 3 N–H and O–H groups in total. The fraction of sp³-hybridized carbons (Fsp3) is 0.294. The average Bonchev–Trinajstić information content (AvgIpc) is 2.49. The van der Waals surface area contributed by atoms with Crippen LogP contribution in [0.3, 0.4) is 0 Å². The molecule has 0 saturated carbocycles. The zero-order valence-electron chi connectivity index (χ0n) is 11.8. The lowest BCUT2D eigenvalue weighted by Crippen LogP contribution is -2.10. The van der Waals surface area contributed by atoms with Gasteiger partial charge in [0.1, 0.15) is 11.5 Å². The van der Waals surface area contributed by atoms with Crippen LogP contribution in [0.15, 0.2) is 48.5 Å². The molecular weight excluding hydrogens is 250 g/mol. The molecule has 0 amide bonds. The maximum absolute atomic E-state index is 9.12. The van der Waals surface area contributed by atoms with E-state index in [1.807, 2.05) is 48.5 Å². The van der Waals surface area contributed by atoms with Gasteiger partial charge in [0.2, 0.25) is 0 Å². The molecule has 106 valence electrons. The number of aliphatic hydroxyl groups excluding tert-OH is 1. The summed E-state index contributed by atoms with van der Waals surface area (Å²) < 4.78 is 6.03. The molecular formula is C17H21NO2. The summed E-state index contributed by atoms with van der Waals surface area (Å²) in [5.41, 5.74) is 8.13. The summed E-state index contributed by atoms with van der Waals surface area (Å²) in [5.74, 6) is 1.56.